The molecule has 1 N–H and O–H groups in total. The number of nitrogens with zero attached hydrogens (tertiary/aromatic N) is 1. The average molecular weight is 341 g/mol. The third-order valence-corrected chi connectivity index (χ3v) is 3.20. The van der Waals surface area contributed by atoms with Crippen LogP contribution in [0, 0.1) is 17.0 Å². The summed E-state index contributed by atoms with van der Waals surface area (Å²) in [4.78, 5) is 22.2. The van der Waals surface area contributed by atoms with E-state index in [4.69, 9.17) is 27.9 Å². The van der Waals surface area contributed by atoms with Crippen LogP contribution in [0.3, 0.4) is 0 Å². The van der Waals surface area contributed by atoms with Crippen molar-refractivity contribution in [2.75, 3.05) is 5.32 Å². The number of carbonyl (C=O) groups excluding carboxylic acids is 1. The maximum Gasteiger partial charge on any atom is 0.417 e. The van der Waals surface area contributed by atoms with Crippen molar-refractivity contribution in [3.05, 3.63) is 62.1 Å². The van der Waals surface area contributed by atoms with E-state index in [0.717, 1.165) is 6.07 Å². The minimum Gasteiger partial charge on any atom is -0.410 e. The van der Waals surface area contributed by atoms with Crippen LogP contribution in [0.1, 0.15) is 5.56 Å². The maximum atomic E-state index is 11.9. The number of anilines is 1. The summed E-state index contributed by atoms with van der Waals surface area (Å²) < 4.78 is 5.10. The third-order valence-electron chi connectivity index (χ3n) is 2.73. The van der Waals surface area contributed by atoms with Gasteiger partial charge in [-0.3, -0.25) is 15.4 Å². The Morgan fingerprint density at radius 2 is 1.82 bits per heavy atom. The van der Waals surface area contributed by atoms with Crippen molar-refractivity contribution in [3.8, 4) is 5.75 Å². The van der Waals surface area contributed by atoms with Crippen molar-refractivity contribution >= 4 is 40.7 Å². The summed E-state index contributed by atoms with van der Waals surface area (Å²) in [6.45, 7) is 1.72. The van der Waals surface area contributed by atoms with E-state index in [1.165, 1.54) is 18.2 Å². The van der Waals surface area contributed by atoms with Gasteiger partial charge in [0.1, 0.15) is 11.4 Å². The molecule has 1 amide bonds. The van der Waals surface area contributed by atoms with Crippen LogP contribution in [-0.2, 0) is 0 Å². The van der Waals surface area contributed by atoms with E-state index in [0.29, 0.717) is 16.3 Å². The Labute approximate surface area is 135 Å². The number of carbonyl (C=O) groups is 1. The second-order valence-electron chi connectivity index (χ2n) is 4.34. The molecule has 0 saturated heterocycles. The second kappa shape index (κ2) is 6.64. The molecule has 0 aliphatic heterocycles. The first-order valence-electron chi connectivity index (χ1n) is 6.06. The quantitative estimate of drug-likeness (QED) is 0.641. The van der Waals surface area contributed by atoms with Crippen molar-refractivity contribution in [3.63, 3.8) is 0 Å². The number of nitro benzene ring substituents is 1. The molecule has 6 nitrogen and oxygen atoms in total. The molecule has 0 bridgehead atoms. The molecule has 0 aromatic heterocycles. The Balaban J connectivity index is 2.17. The molecule has 0 saturated carbocycles. The summed E-state index contributed by atoms with van der Waals surface area (Å²) in [5.74, 6) is 0.304. The molecule has 0 aliphatic carbocycles. The van der Waals surface area contributed by atoms with E-state index in [9.17, 15) is 14.9 Å². The van der Waals surface area contributed by atoms with Crippen LogP contribution >= 0.6 is 23.2 Å². The largest absolute Gasteiger partial charge is 0.417 e. The summed E-state index contributed by atoms with van der Waals surface area (Å²) in [7, 11) is 0. The van der Waals surface area contributed by atoms with Gasteiger partial charge in [-0.05, 0) is 42.8 Å². The molecular weight excluding hydrogens is 331 g/mol. The maximum absolute atomic E-state index is 11.9. The third kappa shape index (κ3) is 3.87. The van der Waals surface area contributed by atoms with Crippen LogP contribution in [0.15, 0.2) is 36.4 Å². The first-order chi connectivity index (χ1) is 10.4. The lowest BCUT2D eigenvalue weighted by Gasteiger charge is -2.09. The van der Waals surface area contributed by atoms with Gasteiger partial charge < -0.3 is 4.74 Å². The standard InChI is InChI=1S/C14H10Cl2N2O4/c1-8-6-9(15)3-5-13(8)22-14(19)17-11-4-2-10(16)7-12(11)18(20)21/h2-7H,1H3,(H,17,19). The summed E-state index contributed by atoms with van der Waals surface area (Å²) in [6, 6.07) is 8.64. The molecule has 0 atom stereocenters. The Morgan fingerprint density at radius 3 is 2.45 bits per heavy atom. The second-order valence-corrected chi connectivity index (χ2v) is 5.22. The van der Waals surface area contributed by atoms with Gasteiger partial charge in [-0.1, -0.05) is 23.2 Å². The zero-order chi connectivity index (χ0) is 16.3. The fourth-order valence-corrected chi connectivity index (χ4v) is 2.12. The van der Waals surface area contributed by atoms with Crippen LogP contribution in [0.5, 0.6) is 5.75 Å². The molecule has 22 heavy (non-hydrogen) atoms. The first-order valence-corrected chi connectivity index (χ1v) is 6.81. The molecule has 2 aromatic rings. The smallest absolute Gasteiger partial charge is 0.410 e. The monoisotopic (exact) mass is 340 g/mol. The Bertz CT molecular complexity index is 750. The number of rotatable bonds is 3. The number of nitrogens with one attached hydrogen (secondary N) is 1. The number of hydrogen-bond acceptors (Lipinski definition) is 4. The van der Waals surface area contributed by atoms with E-state index in [-0.39, 0.29) is 16.4 Å². The molecule has 0 aliphatic rings. The zero-order valence-corrected chi connectivity index (χ0v) is 12.8. The lowest BCUT2D eigenvalue weighted by atomic mass is 10.2. The molecule has 0 fully saturated rings. The van der Waals surface area contributed by atoms with E-state index in [1.807, 2.05) is 0 Å². The Morgan fingerprint density at radius 1 is 1.18 bits per heavy atom. The molecular formula is C14H10Cl2N2O4. The first kappa shape index (κ1) is 16.1. The number of amides is 1. The van der Waals surface area contributed by atoms with Crippen LogP contribution < -0.4 is 10.1 Å². The van der Waals surface area contributed by atoms with Gasteiger partial charge in [-0.2, -0.15) is 0 Å². The molecule has 8 heteroatoms. The van der Waals surface area contributed by atoms with Crippen LogP contribution in [0.25, 0.3) is 0 Å². The van der Waals surface area contributed by atoms with E-state index in [2.05, 4.69) is 5.32 Å². The van der Waals surface area contributed by atoms with Crippen LogP contribution in [0.4, 0.5) is 16.2 Å². The topological polar surface area (TPSA) is 81.5 Å². The highest BCUT2D eigenvalue weighted by molar-refractivity contribution is 6.31. The molecule has 0 unspecified atom stereocenters. The summed E-state index contributed by atoms with van der Waals surface area (Å²) in [5.41, 5.74) is 0.330. The summed E-state index contributed by atoms with van der Waals surface area (Å²) in [5, 5.41) is 14.0. The molecule has 0 heterocycles. The van der Waals surface area contributed by atoms with Crippen molar-refractivity contribution in [2.24, 2.45) is 0 Å². The van der Waals surface area contributed by atoms with Crippen LogP contribution in [-0.4, -0.2) is 11.0 Å². The molecule has 2 aromatic carbocycles. The van der Waals surface area contributed by atoms with Gasteiger partial charge in [0.15, 0.2) is 0 Å². The van der Waals surface area contributed by atoms with Gasteiger partial charge in [0.05, 0.1) is 4.92 Å². The lowest BCUT2D eigenvalue weighted by molar-refractivity contribution is -0.383. The predicted molar refractivity (Wildman–Crippen MR) is 83.9 cm³/mol. The van der Waals surface area contributed by atoms with Gasteiger partial charge in [0.2, 0.25) is 0 Å². The van der Waals surface area contributed by atoms with E-state index < -0.39 is 11.0 Å². The van der Waals surface area contributed by atoms with Crippen LogP contribution in [0.2, 0.25) is 10.0 Å². The zero-order valence-electron chi connectivity index (χ0n) is 11.3. The molecule has 2 rings (SSSR count). The highest BCUT2D eigenvalue weighted by Gasteiger charge is 2.17. The average Bonchev–Trinajstić information content (AvgIpc) is 2.43. The van der Waals surface area contributed by atoms with Crippen molar-refractivity contribution in [1.29, 1.82) is 0 Å². The number of ether oxygens (including phenoxy) is 1. The lowest BCUT2D eigenvalue weighted by Crippen LogP contribution is -2.18. The number of benzene rings is 2. The molecule has 0 spiro atoms. The number of aryl methyl sites for hydroxylation is 1. The van der Waals surface area contributed by atoms with Gasteiger partial charge >= 0.3 is 6.09 Å². The van der Waals surface area contributed by atoms with Crippen molar-refractivity contribution in [1.82, 2.24) is 0 Å². The van der Waals surface area contributed by atoms with Crippen molar-refractivity contribution in [2.45, 2.75) is 6.92 Å². The normalized spacial score (nSPS) is 10.1. The SMILES string of the molecule is Cc1cc(Cl)ccc1OC(=O)Nc1ccc(Cl)cc1[N+](=O)[O-]. The van der Waals surface area contributed by atoms with E-state index >= 15 is 0 Å². The van der Waals surface area contributed by atoms with Gasteiger partial charge in [0.25, 0.3) is 5.69 Å². The van der Waals surface area contributed by atoms with Gasteiger partial charge in [-0.15, -0.1) is 0 Å². The fraction of sp³-hybridized carbons (Fsp3) is 0.0714. The predicted octanol–water partition coefficient (Wildman–Crippen LogP) is 4.82. The fourth-order valence-electron chi connectivity index (χ4n) is 1.72. The minimum absolute atomic E-state index is 0.00832. The molecule has 114 valence electrons. The number of nitro groups is 1. The number of halogens is 2. The van der Waals surface area contributed by atoms with Crippen molar-refractivity contribution < 1.29 is 14.5 Å². The Kier molecular flexibility index (Phi) is 4.85. The summed E-state index contributed by atoms with van der Waals surface area (Å²) in [6.07, 6.45) is -0.851. The van der Waals surface area contributed by atoms with E-state index in [1.54, 1.807) is 19.1 Å². The highest BCUT2D eigenvalue weighted by atomic mass is 35.5. The van der Waals surface area contributed by atoms with Gasteiger partial charge in [-0.25, -0.2) is 4.79 Å². The molecule has 0 radical (unpaired) electrons. The van der Waals surface area contributed by atoms with Gasteiger partial charge in [0, 0.05) is 16.1 Å². The summed E-state index contributed by atoms with van der Waals surface area (Å²) >= 11 is 11.5. The minimum atomic E-state index is -0.851. The highest BCUT2D eigenvalue weighted by Crippen LogP contribution is 2.28. The Hall–Kier alpha value is -2.31. The number of hydrogen-bond donors (Lipinski definition) is 1.